The number of nitrogens with zero attached hydrogens (tertiary/aromatic N) is 4. The Hall–Kier alpha value is -2.55. The summed E-state index contributed by atoms with van der Waals surface area (Å²) < 4.78 is 0. The number of hydrogen-bond donors (Lipinski definition) is 1. The Morgan fingerprint density at radius 3 is 2.37 bits per heavy atom. The fourth-order valence-corrected chi connectivity index (χ4v) is 4.54. The predicted octanol–water partition coefficient (Wildman–Crippen LogP) is 2.38. The number of amides is 1. The number of guanidine groups is 1. The largest absolute Gasteiger partial charge is 0.368 e. The van der Waals surface area contributed by atoms with E-state index in [1.807, 2.05) is 6.07 Å². The van der Waals surface area contributed by atoms with Gasteiger partial charge in [-0.1, -0.05) is 25.1 Å². The second-order valence-corrected chi connectivity index (χ2v) is 8.08. The summed E-state index contributed by atoms with van der Waals surface area (Å²) in [5, 5.41) is 12.5. The molecule has 1 amide bonds. The summed E-state index contributed by atoms with van der Waals surface area (Å²) >= 11 is 0. The molecule has 3 aliphatic rings. The van der Waals surface area contributed by atoms with Crippen molar-refractivity contribution in [3.63, 3.8) is 0 Å². The minimum atomic E-state index is -0.667. The normalized spacial score (nSPS) is 31.3. The monoisotopic (exact) mass is 365 g/mol. The van der Waals surface area contributed by atoms with Crippen LogP contribution in [0.1, 0.15) is 32.6 Å². The standard InChI is InChI=1S/C21H27N5O/c1-16-7-9-21(10-8-16)18(15-22)19(27)23-20(24-21)26-13-11-25(12-14-26)17-5-3-2-4-6-17/h2-6,16,18H,7-14H2,1H3,(H,23,24,27)/t16?,18-,21?/m1/s1. The second-order valence-electron chi connectivity index (χ2n) is 8.08. The molecule has 0 bridgehead atoms. The number of nitrogens with one attached hydrogen (secondary N) is 1. The Balaban J connectivity index is 1.51. The zero-order chi connectivity index (χ0) is 18.9. The molecular weight excluding hydrogens is 338 g/mol. The van der Waals surface area contributed by atoms with Crippen molar-refractivity contribution in [2.45, 2.75) is 38.1 Å². The van der Waals surface area contributed by atoms with Crippen molar-refractivity contribution in [3.05, 3.63) is 30.3 Å². The molecule has 1 atom stereocenters. The van der Waals surface area contributed by atoms with Crippen LogP contribution in [0.2, 0.25) is 0 Å². The van der Waals surface area contributed by atoms with Crippen molar-refractivity contribution in [2.24, 2.45) is 16.8 Å². The first kappa shape index (κ1) is 17.8. The quantitative estimate of drug-likeness (QED) is 0.829. The SMILES string of the molecule is CC1CCC2(CC1)N=C(N1CCN(c3ccccc3)CC1)NC(=O)[C@H]2C#N. The first-order valence-corrected chi connectivity index (χ1v) is 9.96. The molecular formula is C21H27N5O. The van der Waals surface area contributed by atoms with E-state index < -0.39 is 11.5 Å². The topological polar surface area (TPSA) is 71.7 Å². The Morgan fingerprint density at radius 2 is 1.74 bits per heavy atom. The van der Waals surface area contributed by atoms with Gasteiger partial charge in [0.25, 0.3) is 0 Å². The highest BCUT2D eigenvalue weighted by atomic mass is 16.2. The smallest absolute Gasteiger partial charge is 0.246 e. The number of hydrogen-bond acceptors (Lipinski definition) is 5. The molecule has 1 N–H and O–H groups in total. The first-order valence-electron chi connectivity index (χ1n) is 9.96. The summed E-state index contributed by atoms with van der Waals surface area (Å²) in [6, 6.07) is 12.6. The number of carbonyl (C=O) groups excluding carboxylic acids is 1. The van der Waals surface area contributed by atoms with E-state index in [0.717, 1.165) is 51.9 Å². The molecule has 2 fully saturated rings. The molecule has 1 saturated heterocycles. The number of aliphatic imine (C=N–C) groups is 1. The summed E-state index contributed by atoms with van der Waals surface area (Å²) in [4.78, 5) is 22.2. The van der Waals surface area contributed by atoms with E-state index in [9.17, 15) is 10.1 Å². The van der Waals surface area contributed by atoms with Crippen LogP contribution in [0.4, 0.5) is 5.69 Å². The van der Waals surface area contributed by atoms with Crippen molar-refractivity contribution >= 4 is 17.6 Å². The average Bonchev–Trinajstić information content (AvgIpc) is 2.71. The van der Waals surface area contributed by atoms with Gasteiger partial charge in [0.05, 0.1) is 11.6 Å². The zero-order valence-corrected chi connectivity index (χ0v) is 15.9. The van der Waals surface area contributed by atoms with E-state index >= 15 is 0 Å². The van der Waals surface area contributed by atoms with Gasteiger partial charge in [-0.2, -0.15) is 5.26 Å². The molecule has 6 heteroatoms. The highest BCUT2D eigenvalue weighted by molar-refractivity contribution is 6.02. The number of rotatable bonds is 1. The predicted molar refractivity (Wildman–Crippen MR) is 105 cm³/mol. The van der Waals surface area contributed by atoms with Crippen molar-refractivity contribution in [2.75, 3.05) is 31.1 Å². The van der Waals surface area contributed by atoms with E-state index in [-0.39, 0.29) is 5.91 Å². The Morgan fingerprint density at radius 1 is 1.11 bits per heavy atom. The Kier molecular flexibility index (Phi) is 4.77. The van der Waals surface area contributed by atoms with Crippen LogP contribution in [0.25, 0.3) is 0 Å². The van der Waals surface area contributed by atoms with Crippen LogP contribution in [0.15, 0.2) is 35.3 Å². The van der Waals surface area contributed by atoms with E-state index in [1.165, 1.54) is 5.69 Å². The van der Waals surface area contributed by atoms with E-state index in [1.54, 1.807) is 0 Å². The van der Waals surface area contributed by atoms with Crippen LogP contribution >= 0.6 is 0 Å². The zero-order valence-electron chi connectivity index (χ0n) is 15.9. The van der Waals surface area contributed by atoms with Crippen LogP contribution in [0, 0.1) is 23.2 Å². The lowest BCUT2D eigenvalue weighted by molar-refractivity contribution is -0.125. The molecule has 1 spiro atoms. The Bertz CT molecular complexity index is 753. The third-order valence-corrected chi connectivity index (χ3v) is 6.33. The minimum Gasteiger partial charge on any atom is -0.368 e. The summed E-state index contributed by atoms with van der Waals surface area (Å²) in [5.41, 5.74) is 0.698. The van der Waals surface area contributed by atoms with Crippen LogP contribution < -0.4 is 10.2 Å². The summed E-state index contributed by atoms with van der Waals surface area (Å²) in [7, 11) is 0. The molecule has 142 valence electrons. The fraction of sp³-hybridized carbons (Fsp3) is 0.571. The van der Waals surface area contributed by atoms with Crippen molar-refractivity contribution < 1.29 is 4.79 Å². The van der Waals surface area contributed by atoms with Crippen LogP contribution in [0.5, 0.6) is 0 Å². The maximum Gasteiger partial charge on any atom is 0.246 e. The lowest BCUT2D eigenvalue weighted by atomic mass is 9.70. The summed E-state index contributed by atoms with van der Waals surface area (Å²) in [5.74, 6) is 0.476. The van der Waals surface area contributed by atoms with Gasteiger partial charge in [0.15, 0.2) is 5.92 Å². The number of para-hydroxylation sites is 1. The van der Waals surface area contributed by atoms with Crippen molar-refractivity contribution in [1.29, 1.82) is 5.26 Å². The van der Waals surface area contributed by atoms with Gasteiger partial charge in [-0.15, -0.1) is 0 Å². The van der Waals surface area contributed by atoms with Crippen molar-refractivity contribution in [3.8, 4) is 6.07 Å². The summed E-state index contributed by atoms with van der Waals surface area (Å²) in [6.45, 7) is 5.66. The molecule has 0 aromatic heterocycles. The molecule has 1 aliphatic carbocycles. The second kappa shape index (κ2) is 7.22. The lowest BCUT2D eigenvalue weighted by Gasteiger charge is -2.44. The molecule has 1 saturated carbocycles. The fourth-order valence-electron chi connectivity index (χ4n) is 4.54. The lowest BCUT2D eigenvalue weighted by Crippen LogP contribution is -2.60. The number of anilines is 1. The van der Waals surface area contributed by atoms with Crippen LogP contribution in [-0.2, 0) is 4.79 Å². The van der Waals surface area contributed by atoms with Gasteiger partial charge < -0.3 is 9.80 Å². The highest BCUT2D eigenvalue weighted by Crippen LogP contribution is 2.41. The molecule has 4 rings (SSSR count). The van der Waals surface area contributed by atoms with Gasteiger partial charge in [-0.3, -0.25) is 10.1 Å². The summed E-state index contributed by atoms with van der Waals surface area (Å²) in [6.07, 6.45) is 3.72. The van der Waals surface area contributed by atoms with Gasteiger partial charge in [0.2, 0.25) is 11.9 Å². The van der Waals surface area contributed by atoms with Gasteiger partial charge in [0, 0.05) is 31.9 Å². The van der Waals surface area contributed by atoms with Gasteiger partial charge in [-0.05, 0) is 43.7 Å². The number of benzene rings is 1. The molecule has 0 radical (unpaired) electrons. The van der Waals surface area contributed by atoms with E-state index in [2.05, 4.69) is 52.4 Å². The molecule has 27 heavy (non-hydrogen) atoms. The first-order chi connectivity index (χ1) is 13.1. The minimum absolute atomic E-state index is 0.178. The Labute approximate surface area is 160 Å². The van der Waals surface area contributed by atoms with E-state index in [4.69, 9.17) is 4.99 Å². The molecule has 6 nitrogen and oxygen atoms in total. The third kappa shape index (κ3) is 3.39. The number of piperazine rings is 1. The average molecular weight is 365 g/mol. The molecule has 1 aromatic rings. The highest BCUT2D eigenvalue weighted by Gasteiger charge is 2.49. The van der Waals surface area contributed by atoms with Crippen molar-refractivity contribution in [1.82, 2.24) is 10.2 Å². The maximum absolute atomic E-state index is 12.7. The molecule has 0 unspecified atom stereocenters. The number of nitriles is 1. The molecule has 1 aromatic carbocycles. The van der Waals surface area contributed by atoms with Gasteiger partial charge in [-0.25, -0.2) is 4.99 Å². The van der Waals surface area contributed by atoms with Crippen LogP contribution in [0.3, 0.4) is 0 Å². The van der Waals surface area contributed by atoms with Crippen LogP contribution in [-0.4, -0.2) is 48.5 Å². The number of carbonyl (C=O) groups is 1. The third-order valence-electron chi connectivity index (χ3n) is 6.33. The van der Waals surface area contributed by atoms with Gasteiger partial charge >= 0.3 is 0 Å². The van der Waals surface area contributed by atoms with Gasteiger partial charge in [0.1, 0.15) is 0 Å². The maximum atomic E-state index is 12.7. The molecule has 2 aliphatic heterocycles. The molecule has 2 heterocycles. The van der Waals surface area contributed by atoms with E-state index in [0.29, 0.717) is 11.9 Å².